The Balaban J connectivity index is 2.85. The second kappa shape index (κ2) is 5.16. The molecule has 0 spiro atoms. The summed E-state index contributed by atoms with van der Waals surface area (Å²) in [6, 6.07) is 5.65. The van der Waals surface area contributed by atoms with Gasteiger partial charge in [0.1, 0.15) is 0 Å². The lowest BCUT2D eigenvalue weighted by Gasteiger charge is -1.97. The summed E-state index contributed by atoms with van der Waals surface area (Å²) in [6.07, 6.45) is 0.692. The van der Waals surface area contributed by atoms with Crippen molar-refractivity contribution in [1.29, 1.82) is 0 Å². The second-order valence-corrected chi connectivity index (χ2v) is 3.77. The van der Waals surface area contributed by atoms with Gasteiger partial charge in [-0.25, -0.2) is 0 Å². The van der Waals surface area contributed by atoms with E-state index in [4.69, 9.17) is 17.3 Å². The molecule has 0 heterocycles. The first-order valence-electron chi connectivity index (χ1n) is 3.84. The molecule has 0 saturated carbocycles. The summed E-state index contributed by atoms with van der Waals surface area (Å²) in [6.45, 7) is 0. The Hall–Kier alpha value is -0.650. The Morgan fingerprint density at radius 3 is 2.85 bits per heavy atom. The Labute approximate surface area is 91.4 Å². The van der Waals surface area contributed by atoms with Crippen LogP contribution in [0.4, 0.5) is 5.69 Å². The van der Waals surface area contributed by atoms with Crippen molar-refractivity contribution in [2.75, 3.05) is 11.6 Å². The van der Waals surface area contributed by atoms with E-state index in [-0.39, 0.29) is 0 Å². The normalized spacial score (nSPS) is 9.08. The first kappa shape index (κ1) is 10.4. The molecule has 3 heteroatoms. The Bertz CT molecular complexity index is 352. The molecular weight excluding hydrogens is 249 g/mol. The van der Waals surface area contributed by atoms with Gasteiger partial charge >= 0.3 is 0 Å². The molecule has 0 unspecified atom stereocenters. The minimum atomic E-state index is 0.559. The number of halogens is 2. The highest BCUT2D eigenvalue weighted by Crippen LogP contribution is 2.17. The lowest BCUT2D eigenvalue weighted by Crippen LogP contribution is -1.89. The van der Waals surface area contributed by atoms with Gasteiger partial charge in [0.15, 0.2) is 0 Å². The third-order valence-corrected chi connectivity index (χ3v) is 2.14. The van der Waals surface area contributed by atoms with E-state index in [2.05, 4.69) is 27.8 Å². The van der Waals surface area contributed by atoms with Crippen LogP contribution < -0.4 is 5.73 Å². The van der Waals surface area contributed by atoms with Crippen LogP contribution in [0.15, 0.2) is 22.7 Å². The molecule has 0 aliphatic rings. The molecule has 68 valence electrons. The summed E-state index contributed by atoms with van der Waals surface area (Å²) < 4.78 is 0.966. The van der Waals surface area contributed by atoms with Gasteiger partial charge in [-0.3, -0.25) is 0 Å². The molecule has 0 fully saturated rings. The Morgan fingerprint density at radius 2 is 2.23 bits per heavy atom. The van der Waals surface area contributed by atoms with Crippen LogP contribution in [0.25, 0.3) is 0 Å². The SMILES string of the molecule is Nc1cc(Br)ccc1C#CCCCl. The van der Waals surface area contributed by atoms with E-state index in [0.29, 0.717) is 18.0 Å². The lowest BCUT2D eigenvalue weighted by molar-refractivity contribution is 1.29. The van der Waals surface area contributed by atoms with Crippen molar-refractivity contribution in [3.05, 3.63) is 28.2 Å². The fraction of sp³-hybridized carbons (Fsp3) is 0.200. The molecule has 1 aromatic rings. The Morgan fingerprint density at radius 1 is 1.46 bits per heavy atom. The zero-order valence-corrected chi connectivity index (χ0v) is 9.32. The van der Waals surface area contributed by atoms with Crippen molar-refractivity contribution in [3.8, 4) is 11.8 Å². The number of benzene rings is 1. The highest BCUT2D eigenvalue weighted by molar-refractivity contribution is 9.10. The standard InChI is InChI=1S/C10H9BrClN/c11-9-5-4-8(10(13)7-9)3-1-2-6-12/h4-5,7H,2,6,13H2. The maximum Gasteiger partial charge on any atom is 0.0484 e. The largest absolute Gasteiger partial charge is 0.398 e. The first-order valence-corrected chi connectivity index (χ1v) is 5.16. The molecule has 0 amide bonds. The summed E-state index contributed by atoms with van der Waals surface area (Å²) in [4.78, 5) is 0. The molecule has 1 nitrogen and oxygen atoms in total. The van der Waals surface area contributed by atoms with Crippen molar-refractivity contribution in [1.82, 2.24) is 0 Å². The average Bonchev–Trinajstić information content (AvgIpc) is 2.09. The van der Waals surface area contributed by atoms with Gasteiger partial charge in [0, 0.05) is 28.0 Å². The molecule has 1 aromatic carbocycles. The van der Waals surface area contributed by atoms with E-state index < -0.39 is 0 Å². The minimum absolute atomic E-state index is 0.559. The van der Waals surface area contributed by atoms with Crippen LogP contribution in [-0.2, 0) is 0 Å². The summed E-state index contributed by atoms with van der Waals surface area (Å²) in [5.74, 6) is 6.45. The van der Waals surface area contributed by atoms with Crippen molar-refractivity contribution >= 4 is 33.2 Å². The molecule has 0 aliphatic heterocycles. The summed E-state index contributed by atoms with van der Waals surface area (Å²) in [7, 11) is 0. The van der Waals surface area contributed by atoms with Crippen LogP contribution in [0.2, 0.25) is 0 Å². The molecule has 13 heavy (non-hydrogen) atoms. The van der Waals surface area contributed by atoms with Crippen LogP contribution >= 0.6 is 27.5 Å². The van der Waals surface area contributed by atoms with Crippen LogP contribution in [0.3, 0.4) is 0 Å². The fourth-order valence-electron chi connectivity index (χ4n) is 0.852. The first-order chi connectivity index (χ1) is 6.24. The van der Waals surface area contributed by atoms with E-state index in [1.165, 1.54) is 0 Å². The zero-order chi connectivity index (χ0) is 9.68. The van der Waals surface area contributed by atoms with E-state index in [1.54, 1.807) is 0 Å². The van der Waals surface area contributed by atoms with Crippen LogP contribution in [0, 0.1) is 11.8 Å². The van der Waals surface area contributed by atoms with Gasteiger partial charge in [-0.05, 0) is 18.2 Å². The van der Waals surface area contributed by atoms with Crippen LogP contribution in [-0.4, -0.2) is 5.88 Å². The maximum absolute atomic E-state index is 5.74. The molecule has 2 N–H and O–H groups in total. The molecule has 1 rings (SSSR count). The molecule has 0 atom stereocenters. The predicted octanol–water partition coefficient (Wildman–Crippen LogP) is 3.01. The molecule has 0 radical (unpaired) electrons. The number of nitrogens with two attached hydrogens (primary N) is 1. The summed E-state index contributed by atoms with van der Waals surface area (Å²) in [5, 5.41) is 0. The van der Waals surface area contributed by atoms with E-state index in [1.807, 2.05) is 18.2 Å². The molecule has 0 saturated heterocycles. The number of anilines is 1. The number of rotatable bonds is 1. The molecule has 0 aliphatic carbocycles. The average molecular weight is 259 g/mol. The molecule has 0 aromatic heterocycles. The van der Waals surface area contributed by atoms with Crippen LogP contribution in [0.5, 0.6) is 0 Å². The minimum Gasteiger partial charge on any atom is -0.398 e. The van der Waals surface area contributed by atoms with Gasteiger partial charge in [-0.2, -0.15) is 0 Å². The topological polar surface area (TPSA) is 26.0 Å². The zero-order valence-electron chi connectivity index (χ0n) is 6.98. The van der Waals surface area contributed by atoms with E-state index in [0.717, 1.165) is 10.0 Å². The third kappa shape index (κ3) is 3.30. The van der Waals surface area contributed by atoms with Crippen molar-refractivity contribution in [2.45, 2.75) is 6.42 Å². The van der Waals surface area contributed by atoms with Gasteiger partial charge in [0.2, 0.25) is 0 Å². The molecule has 0 bridgehead atoms. The fourth-order valence-corrected chi connectivity index (χ4v) is 1.33. The van der Waals surface area contributed by atoms with Gasteiger partial charge in [-0.1, -0.05) is 27.8 Å². The van der Waals surface area contributed by atoms with Crippen molar-refractivity contribution < 1.29 is 0 Å². The summed E-state index contributed by atoms with van der Waals surface area (Å²) in [5.41, 5.74) is 7.28. The van der Waals surface area contributed by atoms with Gasteiger partial charge in [0.05, 0.1) is 0 Å². The maximum atomic E-state index is 5.74. The third-order valence-electron chi connectivity index (χ3n) is 1.46. The monoisotopic (exact) mass is 257 g/mol. The van der Waals surface area contributed by atoms with Crippen molar-refractivity contribution in [3.63, 3.8) is 0 Å². The predicted molar refractivity (Wildman–Crippen MR) is 60.8 cm³/mol. The van der Waals surface area contributed by atoms with E-state index >= 15 is 0 Å². The highest BCUT2D eigenvalue weighted by Gasteiger charge is 1.94. The second-order valence-electron chi connectivity index (χ2n) is 2.47. The Kier molecular flexibility index (Phi) is 4.14. The van der Waals surface area contributed by atoms with Crippen molar-refractivity contribution in [2.24, 2.45) is 0 Å². The highest BCUT2D eigenvalue weighted by atomic mass is 79.9. The smallest absolute Gasteiger partial charge is 0.0484 e. The number of hydrogen-bond donors (Lipinski definition) is 1. The van der Waals surface area contributed by atoms with E-state index in [9.17, 15) is 0 Å². The van der Waals surface area contributed by atoms with Gasteiger partial charge in [-0.15, -0.1) is 11.6 Å². The lowest BCUT2D eigenvalue weighted by atomic mass is 10.2. The number of nitrogen functional groups attached to an aromatic ring is 1. The number of alkyl halides is 1. The van der Waals surface area contributed by atoms with Gasteiger partial charge in [0.25, 0.3) is 0 Å². The summed E-state index contributed by atoms with van der Waals surface area (Å²) >= 11 is 8.82. The van der Waals surface area contributed by atoms with Gasteiger partial charge < -0.3 is 5.73 Å². The van der Waals surface area contributed by atoms with Crippen LogP contribution in [0.1, 0.15) is 12.0 Å². The quantitative estimate of drug-likeness (QED) is 0.468. The number of hydrogen-bond acceptors (Lipinski definition) is 1. The molecular formula is C10H9BrClN.